The molecule has 0 amide bonds. The largest absolute Gasteiger partial charge is 0.315 e. The molecular formula is C12H18BrNS3. The minimum atomic E-state index is 0.591. The number of thioether (sulfide) groups is 2. The van der Waals surface area contributed by atoms with Crippen LogP contribution in [0.4, 0.5) is 0 Å². The van der Waals surface area contributed by atoms with Crippen molar-refractivity contribution in [2.75, 3.05) is 18.6 Å². The summed E-state index contributed by atoms with van der Waals surface area (Å²) >= 11 is 9.66. The zero-order valence-electron chi connectivity index (χ0n) is 10.1. The van der Waals surface area contributed by atoms with Crippen LogP contribution in [0, 0.1) is 0 Å². The minimum Gasteiger partial charge on any atom is -0.315 e. The maximum absolute atomic E-state index is 3.54. The van der Waals surface area contributed by atoms with Gasteiger partial charge < -0.3 is 5.32 Å². The van der Waals surface area contributed by atoms with Crippen molar-refractivity contribution < 1.29 is 0 Å². The van der Waals surface area contributed by atoms with E-state index in [2.05, 4.69) is 70.9 Å². The lowest BCUT2D eigenvalue weighted by Gasteiger charge is -2.34. The molecule has 3 unspecified atom stereocenters. The van der Waals surface area contributed by atoms with Gasteiger partial charge in [-0.3, -0.25) is 0 Å². The number of nitrogens with one attached hydrogen (secondary N) is 1. The van der Waals surface area contributed by atoms with E-state index in [0.29, 0.717) is 6.04 Å². The van der Waals surface area contributed by atoms with Gasteiger partial charge in [0, 0.05) is 32.9 Å². The number of likely N-dealkylation sites (N-methyl/N-ethyl adjacent to an activating group) is 1. The van der Waals surface area contributed by atoms with E-state index in [1.165, 1.54) is 20.2 Å². The van der Waals surface area contributed by atoms with Crippen molar-refractivity contribution >= 4 is 50.8 Å². The summed E-state index contributed by atoms with van der Waals surface area (Å²) in [6.45, 7) is 2.37. The van der Waals surface area contributed by atoms with E-state index in [0.717, 1.165) is 16.9 Å². The molecule has 0 spiro atoms. The Balaban J connectivity index is 2.00. The van der Waals surface area contributed by atoms with E-state index in [4.69, 9.17) is 0 Å². The normalized spacial score (nSPS) is 27.0. The first-order valence-corrected chi connectivity index (χ1v) is 9.56. The van der Waals surface area contributed by atoms with E-state index in [1.54, 1.807) is 0 Å². The molecule has 0 saturated carbocycles. The quantitative estimate of drug-likeness (QED) is 0.883. The van der Waals surface area contributed by atoms with Gasteiger partial charge in [0.2, 0.25) is 0 Å². The first-order valence-electron chi connectivity index (χ1n) is 5.85. The Morgan fingerprint density at radius 3 is 2.76 bits per heavy atom. The van der Waals surface area contributed by atoms with Crippen molar-refractivity contribution in [2.24, 2.45) is 0 Å². The third-order valence-corrected chi connectivity index (χ3v) is 7.95. The highest BCUT2D eigenvalue weighted by Gasteiger charge is 2.29. The van der Waals surface area contributed by atoms with Gasteiger partial charge in [-0.05, 0) is 41.5 Å². The molecule has 0 aromatic carbocycles. The van der Waals surface area contributed by atoms with Crippen LogP contribution in [0.5, 0.6) is 0 Å². The molecule has 0 bridgehead atoms. The smallest absolute Gasteiger partial charge is 0.0701 e. The van der Waals surface area contributed by atoms with Crippen LogP contribution >= 0.6 is 50.8 Å². The lowest BCUT2D eigenvalue weighted by molar-refractivity contribution is 0.534. The molecule has 1 aromatic rings. The third-order valence-electron chi connectivity index (χ3n) is 3.05. The van der Waals surface area contributed by atoms with Crippen molar-refractivity contribution in [1.82, 2.24) is 5.32 Å². The Morgan fingerprint density at radius 1 is 1.41 bits per heavy atom. The molecule has 5 heteroatoms. The van der Waals surface area contributed by atoms with Crippen LogP contribution in [0.25, 0.3) is 0 Å². The van der Waals surface area contributed by atoms with Gasteiger partial charge in [0.05, 0.1) is 3.79 Å². The van der Waals surface area contributed by atoms with Gasteiger partial charge in [0.15, 0.2) is 0 Å². The maximum Gasteiger partial charge on any atom is 0.0701 e. The molecular weight excluding hydrogens is 334 g/mol. The molecule has 0 radical (unpaired) electrons. The Morgan fingerprint density at radius 2 is 2.18 bits per heavy atom. The fourth-order valence-corrected chi connectivity index (χ4v) is 6.69. The molecule has 96 valence electrons. The van der Waals surface area contributed by atoms with E-state index in [1.807, 2.05) is 11.3 Å². The molecule has 2 heterocycles. The second-order valence-corrected chi connectivity index (χ2v) is 9.54. The van der Waals surface area contributed by atoms with E-state index >= 15 is 0 Å². The van der Waals surface area contributed by atoms with Gasteiger partial charge in [-0.25, -0.2) is 0 Å². The van der Waals surface area contributed by atoms with Gasteiger partial charge in [-0.2, -0.15) is 23.5 Å². The lowest BCUT2D eigenvalue weighted by atomic mass is 10.1. The Bertz CT molecular complexity index is 355. The van der Waals surface area contributed by atoms with Crippen LogP contribution in [-0.4, -0.2) is 35.1 Å². The van der Waals surface area contributed by atoms with Crippen molar-refractivity contribution in [3.05, 3.63) is 20.8 Å². The second kappa shape index (κ2) is 6.85. The number of halogens is 1. The summed E-state index contributed by atoms with van der Waals surface area (Å²) in [4.78, 5) is 1.47. The molecule has 1 aliphatic rings. The Hall–Kier alpha value is 0.840. The lowest BCUT2D eigenvalue weighted by Crippen LogP contribution is -2.44. The van der Waals surface area contributed by atoms with Crippen LogP contribution in [-0.2, 0) is 6.42 Å². The predicted octanol–water partition coefficient (Wildman–Crippen LogP) is 3.88. The van der Waals surface area contributed by atoms with Crippen molar-refractivity contribution in [1.29, 1.82) is 0 Å². The monoisotopic (exact) mass is 351 g/mol. The van der Waals surface area contributed by atoms with E-state index in [-0.39, 0.29) is 0 Å². The molecule has 1 N–H and O–H groups in total. The van der Waals surface area contributed by atoms with Crippen LogP contribution in [0.2, 0.25) is 0 Å². The van der Waals surface area contributed by atoms with Crippen molar-refractivity contribution in [3.8, 4) is 0 Å². The molecule has 1 saturated heterocycles. The van der Waals surface area contributed by atoms with Crippen LogP contribution in [0.15, 0.2) is 15.9 Å². The number of thiophene rings is 1. The SMILES string of the molecule is CNC(Cc1ccc(Br)s1)C1SCCSC1C. The highest BCUT2D eigenvalue weighted by Crippen LogP contribution is 2.34. The van der Waals surface area contributed by atoms with E-state index in [9.17, 15) is 0 Å². The Kier molecular flexibility index (Phi) is 5.74. The molecule has 0 aliphatic carbocycles. The third kappa shape index (κ3) is 3.90. The molecule has 1 aliphatic heterocycles. The van der Waals surface area contributed by atoms with Gasteiger partial charge in [0.1, 0.15) is 0 Å². The molecule has 17 heavy (non-hydrogen) atoms. The summed E-state index contributed by atoms with van der Waals surface area (Å²) in [6.07, 6.45) is 1.15. The number of rotatable bonds is 4. The summed E-state index contributed by atoms with van der Waals surface area (Å²) in [5.41, 5.74) is 0. The number of hydrogen-bond donors (Lipinski definition) is 1. The standard InChI is InChI=1S/C12H18BrNS3/c1-8-12(16-6-5-15-8)10(14-2)7-9-3-4-11(13)17-9/h3-4,8,10,12,14H,5-7H2,1-2H3. The average molecular weight is 352 g/mol. The zero-order chi connectivity index (χ0) is 12.3. The fourth-order valence-electron chi connectivity index (χ4n) is 2.15. The predicted molar refractivity (Wildman–Crippen MR) is 86.7 cm³/mol. The Labute approximate surface area is 125 Å². The summed E-state index contributed by atoms with van der Waals surface area (Å²) < 4.78 is 1.24. The second-order valence-electron chi connectivity index (χ2n) is 4.22. The van der Waals surface area contributed by atoms with Crippen molar-refractivity contribution in [2.45, 2.75) is 29.9 Å². The highest BCUT2D eigenvalue weighted by molar-refractivity contribution is 9.11. The topological polar surface area (TPSA) is 12.0 Å². The summed E-state index contributed by atoms with van der Waals surface area (Å²) in [6, 6.07) is 4.98. The molecule has 3 atom stereocenters. The van der Waals surface area contributed by atoms with Crippen molar-refractivity contribution in [3.63, 3.8) is 0 Å². The van der Waals surface area contributed by atoms with Crippen LogP contribution in [0.3, 0.4) is 0 Å². The minimum absolute atomic E-state index is 0.591. The maximum atomic E-state index is 3.54. The molecule has 2 rings (SSSR count). The zero-order valence-corrected chi connectivity index (χ0v) is 14.1. The average Bonchev–Trinajstić information content (AvgIpc) is 2.73. The molecule has 1 fully saturated rings. The summed E-state index contributed by atoms with van der Waals surface area (Å²) in [5, 5.41) is 5.01. The van der Waals surface area contributed by atoms with Gasteiger partial charge >= 0.3 is 0 Å². The summed E-state index contributed by atoms with van der Waals surface area (Å²) in [5.74, 6) is 2.61. The van der Waals surface area contributed by atoms with Gasteiger partial charge in [-0.15, -0.1) is 11.3 Å². The van der Waals surface area contributed by atoms with Gasteiger partial charge in [0.25, 0.3) is 0 Å². The van der Waals surface area contributed by atoms with Crippen LogP contribution in [0.1, 0.15) is 11.8 Å². The molecule has 1 nitrogen and oxygen atoms in total. The number of hydrogen-bond acceptors (Lipinski definition) is 4. The highest BCUT2D eigenvalue weighted by atomic mass is 79.9. The first-order chi connectivity index (χ1) is 8.20. The first kappa shape index (κ1) is 14.3. The van der Waals surface area contributed by atoms with E-state index < -0.39 is 0 Å². The molecule has 1 aromatic heterocycles. The fraction of sp³-hybridized carbons (Fsp3) is 0.667. The van der Waals surface area contributed by atoms with Crippen LogP contribution < -0.4 is 5.32 Å². The van der Waals surface area contributed by atoms with Gasteiger partial charge in [-0.1, -0.05) is 6.92 Å². The summed E-state index contributed by atoms with van der Waals surface area (Å²) in [7, 11) is 2.10.